The topological polar surface area (TPSA) is 35.5 Å². The molecule has 0 unspecified atom stereocenters. The minimum Gasteiger partial charge on any atom is -0.466 e. The Hall–Kier alpha value is -0.0900. The van der Waals surface area contributed by atoms with Crippen molar-refractivity contribution in [3.8, 4) is 0 Å². The summed E-state index contributed by atoms with van der Waals surface area (Å²) < 4.78 is 10.8. The van der Waals surface area contributed by atoms with Crippen LogP contribution in [-0.2, 0) is 14.3 Å². The monoisotopic (exact) mass is 314 g/mol. The van der Waals surface area contributed by atoms with Crippen LogP contribution in [-0.4, -0.2) is 30.6 Å². The van der Waals surface area contributed by atoms with E-state index in [-0.39, 0.29) is 5.97 Å². The van der Waals surface area contributed by atoms with Crippen LogP contribution in [0.5, 0.6) is 0 Å². The zero-order valence-electron chi connectivity index (χ0n) is 10.8. The van der Waals surface area contributed by atoms with Crippen LogP contribution in [0, 0.1) is 35.0 Å². The van der Waals surface area contributed by atoms with E-state index in [9.17, 15) is 4.79 Å². The molecule has 5 saturated carbocycles. The van der Waals surface area contributed by atoms with E-state index in [4.69, 9.17) is 9.47 Å². The Bertz CT molecular complexity index is 408. The second-order valence-corrected chi connectivity index (χ2v) is 7.47. The Balaban J connectivity index is 1.52. The summed E-state index contributed by atoms with van der Waals surface area (Å²) in [7, 11) is 1.86. The number of ether oxygens (including phenoxy) is 2. The van der Waals surface area contributed by atoms with Gasteiger partial charge >= 0.3 is 5.97 Å². The molecular formula is C14H19BrO3. The normalized spacial score (nSPS) is 58.1. The number of hydrogen-bond acceptors (Lipinski definition) is 3. The zero-order valence-corrected chi connectivity index (χ0v) is 12.4. The number of halogens is 1. The highest BCUT2D eigenvalue weighted by atomic mass is 79.9. The van der Waals surface area contributed by atoms with Gasteiger partial charge in [0.25, 0.3) is 0 Å². The van der Waals surface area contributed by atoms with Crippen LogP contribution in [0.15, 0.2) is 0 Å². The van der Waals surface area contributed by atoms with Gasteiger partial charge < -0.3 is 9.47 Å². The molecule has 0 radical (unpaired) electrons. The van der Waals surface area contributed by atoms with Crippen LogP contribution in [0.2, 0.25) is 0 Å². The van der Waals surface area contributed by atoms with Gasteiger partial charge in [-0.1, -0.05) is 15.9 Å². The fourth-order valence-electron chi connectivity index (χ4n) is 5.99. The molecule has 0 heterocycles. The van der Waals surface area contributed by atoms with Gasteiger partial charge in [-0.25, -0.2) is 0 Å². The Kier molecular flexibility index (Phi) is 2.29. The molecule has 18 heavy (non-hydrogen) atoms. The van der Waals surface area contributed by atoms with Gasteiger partial charge in [-0.15, -0.1) is 0 Å². The summed E-state index contributed by atoms with van der Waals surface area (Å²) >= 11 is 3.96. The van der Waals surface area contributed by atoms with Crippen molar-refractivity contribution in [2.75, 3.05) is 13.7 Å². The van der Waals surface area contributed by atoms with Crippen LogP contribution in [0.4, 0.5) is 0 Å². The standard InChI is InChI=1S/C14H19BrO3/c1-6(16)18-4-3-14-11-7-5-8(17-2)10(12(11)14)9(7)13(14)15/h7-13H,3-5H2,1-2H3/t7-,8-,9-,10+,11+,12-,13-,14+/m0/s1. The summed E-state index contributed by atoms with van der Waals surface area (Å²) in [6, 6.07) is 0. The number of alkyl halides is 1. The molecule has 0 saturated heterocycles. The van der Waals surface area contributed by atoms with E-state index in [1.54, 1.807) is 0 Å². The molecule has 5 fully saturated rings. The van der Waals surface area contributed by atoms with Crippen molar-refractivity contribution in [1.82, 2.24) is 0 Å². The van der Waals surface area contributed by atoms with Crippen LogP contribution < -0.4 is 0 Å². The highest BCUT2D eigenvalue weighted by Gasteiger charge is 2.88. The highest BCUT2D eigenvalue weighted by Crippen LogP contribution is 2.89. The van der Waals surface area contributed by atoms with Gasteiger partial charge in [0, 0.05) is 18.9 Å². The maximum absolute atomic E-state index is 10.9. The predicted octanol–water partition coefficient (Wildman–Crippen LogP) is 2.23. The summed E-state index contributed by atoms with van der Waals surface area (Å²) in [6.07, 6.45) is 2.78. The van der Waals surface area contributed by atoms with Gasteiger partial charge in [-0.05, 0) is 47.8 Å². The molecule has 5 aliphatic carbocycles. The fourth-order valence-corrected chi connectivity index (χ4v) is 7.57. The number of esters is 1. The number of rotatable bonds is 4. The smallest absolute Gasteiger partial charge is 0.302 e. The number of carbonyl (C=O) groups excluding carboxylic acids is 1. The molecule has 0 aliphatic heterocycles. The van der Waals surface area contributed by atoms with E-state index < -0.39 is 0 Å². The lowest BCUT2D eigenvalue weighted by molar-refractivity contribution is -0.141. The van der Waals surface area contributed by atoms with Crippen LogP contribution >= 0.6 is 15.9 Å². The summed E-state index contributed by atoms with van der Waals surface area (Å²) in [4.78, 5) is 11.5. The Morgan fingerprint density at radius 2 is 2.17 bits per heavy atom. The van der Waals surface area contributed by atoms with E-state index in [1.807, 2.05) is 7.11 Å². The molecule has 0 amide bonds. The molecule has 100 valence electrons. The summed E-state index contributed by atoms with van der Waals surface area (Å²) in [5.74, 6) is 4.03. The fraction of sp³-hybridized carbons (Fsp3) is 0.929. The molecule has 0 N–H and O–H groups in total. The Morgan fingerprint density at radius 1 is 1.39 bits per heavy atom. The van der Waals surface area contributed by atoms with Gasteiger partial charge in [-0.3, -0.25) is 4.79 Å². The minimum atomic E-state index is -0.155. The lowest BCUT2D eigenvalue weighted by Gasteiger charge is -2.19. The van der Waals surface area contributed by atoms with E-state index >= 15 is 0 Å². The van der Waals surface area contributed by atoms with Crippen molar-refractivity contribution in [3.05, 3.63) is 0 Å². The summed E-state index contributed by atoms with van der Waals surface area (Å²) in [5, 5.41) is 0. The first kappa shape index (κ1) is 11.7. The number of methoxy groups -OCH3 is 1. The van der Waals surface area contributed by atoms with Crippen molar-refractivity contribution in [1.29, 1.82) is 0 Å². The van der Waals surface area contributed by atoms with Crippen molar-refractivity contribution >= 4 is 21.9 Å². The third kappa shape index (κ3) is 1.09. The van der Waals surface area contributed by atoms with Crippen molar-refractivity contribution in [3.63, 3.8) is 0 Å². The van der Waals surface area contributed by atoms with Gasteiger partial charge in [0.1, 0.15) is 0 Å². The quantitative estimate of drug-likeness (QED) is 0.589. The molecule has 5 rings (SSSR count). The summed E-state index contributed by atoms with van der Waals surface area (Å²) in [6.45, 7) is 2.08. The Morgan fingerprint density at radius 3 is 2.78 bits per heavy atom. The lowest BCUT2D eigenvalue weighted by atomic mass is 9.97. The minimum absolute atomic E-state index is 0.155. The molecule has 8 atom stereocenters. The SMILES string of the molecule is CO[C@H]1C[C@H]2[C@H]3[C@@H]1[C@H]1[C@@H]2[C@@]1(CCOC(C)=O)[C@H]3Br. The maximum atomic E-state index is 10.9. The molecule has 0 aromatic heterocycles. The van der Waals surface area contributed by atoms with E-state index in [0.717, 1.165) is 36.0 Å². The average molecular weight is 315 g/mol. The molecule has 4 heteroatoms. The first-order valence-electron chi connectivity index (χ1n) is 6.93. The molecular weight excluding hydrogens is 296 g/mol. The maximum Gasteiger partial charge on any atom is 0.302 e. The Labute approximate surface area is 116 Å². The summed E-state index contributed by atoms with van der Waals surface area (Å²) in [5.41, 5.74) is 0.433. The number of carbonyl (C=O) groups is 1. The van der Waals surface area contributed by atoms with Gasteiger partial charge in [0.2, 0.25) is 0 Å². The van der Waals surface area contributed by atoms with E-state index in [1.165, 1.54) is 13.3 Å². The van der Waals surface area contributed by atoms with Crippen LogP contribution in [0.25, 0.3) is 0 Å². The first-order chi connectivity index (χ1) is 8.63. The molecule has 3 nitrogen and oxygen atoms in total. The average Bonchev–Trinajstić information content (AvgIpc) is 2.62. The molecule has 0 aromatic carbocycles. The molecule has 0 spiro atoms. The largest absolute Gasteiger partial charge is 0.466 e. The lowest BCUT2D eigenvalue weighted by Crippen LogP contribution is -2.22. The van der Waals surface area contributed by atoms with Gasteiger partial charge in [-0.2, -0.15) is 0 Å². The van der Waals surface area contributed by atoms with Crippen LogP contribution in [0.1, 0.15) is 19.8 Å². The third-order valence-corrected chi connectivity index (χ3v) is 7.72. The highest BCUT2D eigenvalue weighted by molar-refractivity contribution is 9.09. The zero-order chi connectivity index (χ0) is 12.7. The van der Waals surface area contributed by atoms with E-state index in [2.05, 4.69) is 15.9 Å². The van der Waals surface area contributed by atoms with Crippen molar-refractivity contribution < 1.29 is 14.3 Å². The van der Waals surface area contributed by atoms with Gasteiger partial charge in [0.05, 0.1) is 12.7 Å². The molecule has 5 aliphatic rings. The molecule has 6 bridgehead atoms. The predicted molar refractivity (Wildman–Crippen MR) is 69.3 cm³/mol. The second-order valence-electron chi connectivity index (χ2n) is 6.48. The number of hydrogen-bond donors (Lipinski definition) is 0. The first-order valence-corrected chi connectivity index (χ1v) is 7.84. The molecule has 0 aromatic rings. The van der Waals surface area contributed by atoms with Crippen molar-refractivity contribution in [2.45, 2.75) is 30.7 Å². The van der Waals surface area contributed by atoms with E-state index in [0.29, 0.717) is 23.0 Å². The van der Waals surface area contributed by atoms with Crippen LogP contribution in [0.3, 0.4) is 0 Å². The third-order valence-electron chi connectivity index (χ3n) is 6.26. The van der Waals surface area contributed by atoms with Gasteiger partial charge in [0.15, 0.2) is 0 Å². The second kappa shape index (κ2) is 3.51. The van der Waals surface area contributed by atoms with Crippen molar-refractivity contribution in [2.24, 2.45) is 35.0 Å².